The average Bonchev–Trinajstić information content (AvgIpc) is 2.74. The molecule has 6 heteroatoms. The highest BCUT2D eigenvalue weighted by Crippen LogP contribution is 2.29. The van der Waals surface area contributed by atoms with Gasteiger partial charge >= 0.3 is 0 Å². The van der Waals surface area contributed by atoms with E-state index < -0.39 is 0 Å². The van der Waals surface area contributed by atoms with Crippen LogP contribution in [0, 0.1) is 6.92 Å². The Labute approximate surface area is 102 Å². The number of rotatable bonds is 1. The van der Waals surface area contributed by atoms with Crippen LogP contribution in [0.5, 0.6) is 0 Å². The van der Waals surface area contributed by atoms with Crippen LogP contribution in [0.4, 0.5) is 0 Å². The Kier molecular flexibility index (Phi) is 2.68. The van der Waals surface area contributed by atoms with Gasteiger partial charge in [0.1, 0.15) is 11.2 Å². The van der Waals surface area contributed by atoms with Crippen LogP contribution in [0.25, 0.3) is 10.2 Å². The second kappa shape index (κ2) is 4.19. The molecule has 0 amide bonds. The summed E-state index contributed by atoms with van der Waals surface area (Å²) in [6.45, 7) is 3.80. The molecule has 0 aliphatic carbocycles. The van der Waals surface area contributed by atoms with Crippen molar-refractivity contribution in [1.82, 2.24) is 19.7 Å². The summed E-state index contributed by atoms with van der Waals surface area (Å²) in [5.74, 6) is 1.05. The van der Waals surface area contributed by atoms with Gasteiger partial charge in [-0.15, -0.1) is 0 Å². The summed E-state index contributed by atoms with van der Waals surface area (Å²) in [4.78, 5) is 19.8. The van der Waals surface area contributed by atoms with E-state index in [0.29, 0.717) is 17.1 Å². The standard InChI is InChI=1S/C11H14N4OS/c1-6-13-10(16)8-9(15-17-11(8)14-6)7-2-4-12-5-3-7/h7,12H,2-5H2,1H3,(H,13,14,16). The maximum Gasteiger partial charge on any atom is 0.261 e. The lowest BCUT2D eigenvalue weighted by Gasteiger charge is -2.20. The Morgan fingerprint density at radius 2 is 2.12 bits per heavy atom. The van der Waals surface area contributed by atoms with Crippen LogP contribution >= 0.6 is 11.5 Å². The Balaban J connectivity index is 2.14. The van der Waals surface area contributed by atoms with Crippen molar-refractivity contribution in [3.05, 3.63) is 21.9 Å². The third-order valence-electron chi connectivity index (χ3n) is 3.22. The van der Waals surface area contributed by atoms with Crippen LogP contribution in [0.3, 0.4) is 0 Å². The Morgan fingerprint density at radius 3 is 2.88 bits per heavy atom. The Morgan fingerprint density at radius 1 is 1.35 bits per heavy atom. The summed E-state index contributed by atoms with van der Waals surface area (Å²) >= 11 is 1.33. The van der Waals surface area contributed by atoms with Crippen molar-refractivity contribution < 1.29 is 0 Å². The van der Waals surface area contributed by atoms with Crippen molar-refractivity contribution in [2.24, 2.45) is 0 Å². The number of nitrogens with zero attached hydrogens (tertiary/aromatic N) is 2. The third kappa shape index (κ3) is 1.87. The average molecular weight is 250 g/mol. The van der Waals surface area contributed by atoms with E-state index in [9.17, 15) is 4.79 Å². The van der Waals surface area contributed by atoms with E-state index in [1.165, 1.54) is 11.5 Å². The van der Waals surface area contributed by atoms with E-state index in [-0.39, 0.29) is 5.56 Å². The van der Waals surface area contributed by atoms with Crippen molar-refractivity contribution in [1.29, 1.82) is 0 Å². The summed E-state index contributed by atoms with van der Waals surface area (Å²) in [5.41, 5.74) is 0.898. The van der Waals surface area contributed by atoms with Crippen molar-refractivity contribution in [3.8, 4) is 0 Å². The number of hydrogen-bond acceptors (Lipinski definition) is 5. The first-order chi connectivity index (χ1) is 8.25. The van der Waals surface area contributed by atoms with Gasteiger partial charge in [0.15, 0.2) is 4.83 Å². The highest BCUT2D eigenvalue weighted by atomic mass is 32.1. The zero-order chi connectivity index (χ0) is 11.8. The van der Waals surface area contributed by atoms with Gasteiger partial charge in [0, 0.05) is 5.92 Å². The molecule has 1 saturated heterocycles. The van der Waals surface area contributed by atoms with Crippen molar-refractivity contribution >= 4 is 21.7 Å². The van der Waals surface area contributed by atoms with Crippen molar-refractivity contribution in [3.63, 3.8) is 0 Å². The fourth-order valence-electron chi connectivity index (χ4n) is 2.36. The molecule has 17 heavy (non-hydrogen) atoms. The number of H-pyrrole nitrogens is 1. The van der Waals surface area contributed by atoms with E-state index in [1.54, 1.807) is 6.92 Å². The molecule has 90 valence electrons. The van der Waals surface area contributed by atoms with Crippen LogP contribution in [0.1, 0.15) is 30.3 Å². The number of hydrogen-bond donors (Lipinski definition) is 2. The zero-order valence-corrected chi connectivity index (χ0v) is 10.4. The van der Waals surface area contributed by atoms with Gasteiger partial charge in [-0.2, -0.15) is 4.37 Å². The van der Waals surface area contributed by atoms with E-state index in [1.807, 2.05) is 0 Å². The summed E-state index contributed by atoms with van der Waals surface area (Å²) < 4.78 is 4.45. The van der Waals surface area contributed by atoms with E-state index >= 15 is 0 Å². The lowest BCUT2D eigenvalue weighted by molar-refractivity contribution is 0.457. The van der Waals surface area contributed by atoms with Crippen molar-refractivity contribution in [2.45, 2.75) is 25.7 Å². The Bertz CT molecular complexity index is 597. The first kappa shape index (κ1) is 10.9. The molecular weight excluding hydrogens is 236 g/mol. The quantitative estimate of drug-likeness (QED) is 0.796. The number of piperidine rings is 1. The second-order valence-corrected chi connectivity index (χ2v) is 5.18. The van der Waals surface area contributed by atoms with Gasteiger partial charge in [0.2, 0.25) is 0 Å². The fourth-order valence-corrected chi connectivity index (χ4v) is 3.26. The molecule has 0 spiro atoms. The molecule has 2 aromatic heterocycles. The maximum absolute atomic E-state index is 12.0. The van der Waals surface area contributed by atoms with E-state index in [4.69, 9.17) is 0 Å². The van der Waals surface area contributed by atoms with Crippen LogP contribution in [-0.2, 0) is 0 Å². The number of aromatic nitrogens is 3. The van der Waals surface area contributed by atoms with Gasteiger partial charge in [-0.05, 0) is 44.4 Å². The lowest BCUT2D eigenvalue weighted by Crippen LogP contribution is -2.27. The minimum absolute atomic E-state index is 0.0465. The Hall–Kier alpha value is -1.27. The molecule has 2 N–H and O–H groups in total. The van der Waals surface area contributed by atoms with Crippen molar-refractivity contribution in [2.75, 3.05) is 13.1 Å². The van der Waals surface area contributed by atoms with Gasteiger partial charge in [-0.25, -0.2) is 4.98 Å². The summed E-state index contributed by atoms with van der Waals surface area (Å²) in [7, 11) is 0. The van der Waals surface area contributed by atoms with Gasteiger partial charge in [-0.1, -0.05) is 0 Å². The molecule has 0 saturated carbocycles. The SMILES string of the molecule is Cc1nc2snc(C3CCNCC3)c2c(=O)[nH]1. The topological polar surface area (TPSA) is 70.7 Å². The molecule has 5 nitrogen and oxygen atoms in total. The fraction of sp³-hybridized carbons (Fsp3) is 0.545. The molecule has 0 aromatic carbocycles. The lowest BCUT2D eigenvalue weighted by atomic mass is 9.93. The largest absolute Gasteiger partial charge is 0.317 e. The van der Waals surface area contributed by atoms with Crippen LogP contribution in [-0.4, -0.2) is 27.4 Å². The second-order valence-electron chi connectivity index (χ2n) is 4.42. The molecular formula is C11H14N4OS. The van der Waals surface area contributed by atoms with Gasteiger partial charge in [-0.3, -0.25) is 4.79 Å². The smallest absolute Gasteiger partial charge is 0.261 e. The van der Waals surface area contributed by atoms with E-state index in [0.717, 1.165) is 36.5 Å². The molecule has 1 aliphatic rings. The molecule has 1 fully saturated rings. The summed E-state index contributed by atoms with van der Waals surface area (Å²) in [6.07, 6.45) is 2.10. The summed E-state index contributed by atoms with van der Waals surface area (Å²) in [5, 5.41) is 4.02. The monoisotopic (exact) mass is 250 g/mol. The molecule has 0 unspecified atom stereocenters. The minimum Gasteiger partial charge on any atom is -0.317 e. The number of aryl methyl sites for hydroxylation is 1. The zero-order valence-electron chi connectivity index (χ0n) is 9.62. The van der Waals surface area contributed by atoms with Crippen LogP contribution in [0.15, 0.2) is 4.79 Å². The predicted octanol–water partition coefficient (Wildman–Crippen LogP) is 1.16. The first-order valence-corrected chi connectivity index (χ1v) is 6.60. The molecule has 3 heterocycles. The van der Waals surface area contributed by atoms with Gasteiger partial charge < -0.3 is 10.3 Å². The van der Waals surface area contributed by atoms with Gasteiger partial charge in [0.25, 0.3) is 5.56 Å². The molecule has 3 rings (SSSR count). The molecule has 0 atom stereocenters. The normalized spacial score (nSPS) is 17.7. The first-order valence-electron chi connectivity index (χ1n) is 5.82. The summed E-state index contributed by atoms with van der Waals surface area (Å²) in [6, 6.07) is 0. The highest BCUT2D eigenvalue weighted by molar-refractivity contribution is 7.12. The number of fused-ring (bicyclic) bond motifs is 1. The number of aromatic amines is 1. The van der Waals surface area contributed by atoms with Crippen LogP contribution < -0.4 is 10.9 Å². The molecule has 1 aliphatic heterocycles. The number of nitrogens with one attached hydrogen (secondary N) is 2. The molecule has 0 radical (unpaired) electrons. The maximum atomic E-state index is 12.0. The minimum atomic E-state index is -0.0465. The third-order valence-corrected chi connectivity index (χ3v) is 3.97. The highest BCUT2D eigenvalue weighted by Gasteiger charge is 2.22. The predicted molar refractivity (Wildman–Crippen MR) is 67.6 cm³/mol. The van der Waals surface area contributed by atoms with Gasteiger partial charge in [0.05, 0.1) is 5.69 Å². The van der Waals surface area contributed by atoms with Crippen LogP contribution in [0.2, 0.25) is 0 Å². The molecule has 0 bridgehead atoms. The van der Waals surface area contributed by atoms with E-state index in [2.05, 4.69) is 19.7 Å². The molecule has 2 aromatic rings.